The smallest absolute Gasteiger partial charge is 0.254 e. The van der Waals surface area contributed by atoms with E-state index in [4.69, 9.17) is 0 Å². The van der Waals surface area contributed by atoms with E-state index >= 15 is 0 Å². The molecule has 0 spiro atoms. The van der Waals surface area contributed by atoms with Crippen molar-refractivity contribution in [3.8, 4) is 5.69 Å². The van der Waals surface area contributed by atoms with E-state index in [0.29, 0.717) is 5.69 Å². The summed E-state index contributed by atoms with van der Waals surface area (Å²) in [7, 11) is -3.57. The summed E-state index contributed by atoms with van der Waals surface area (Å²) in [6.45, 7) is 3.03. The average Bonchev–Trinajstić information content (AvgIpc) is 2.79. The quantitative estimate of drug-likeness (QED) is 0.470. The zero-order chi connectivity index (χ0) is 12.5. The van der Waals surface area contributed by atoms with Crippen molar-refractivity contribution in [1.29, 1.82) is 0 Å². The van der Waals surface area contributed by atoms with E-state index in [9.17, 15) is 8.42 Å². The monoisotopic (exact) mass is 258 g/mol. The van der Waals surface area contributed by atoms with Crippen LogP contribution in [-0.4, -0.2) is 28.6 Å². The van der Waals surface area contributed by atoms with Crippen LogP contribution < -0.4 is 18.9 Å². The third kappa shape index (κ3) is 2.63. The minimum absolute atomic E-state index is 0. The molecular weight excluding hydrogens is 247 g/mol. The van der Waals surface area contributed by atoms with Crippen LogP contribution >= 0.6 is 0 Å². The van der Waals surface area contributed by atoms with E-state index in [-0.39, 0.29) is 29.3 Å². The van der Waals surface area contributed by atoms with Crippen molar-refractivity contribution in [2.24, 2.45) is 0 Å². The summed E-state index contributed by atoms with van der Waals surface area (Å²) in [6, 6.07) is 8.88. The van der Waals surface area contributed by atoms with Crippen LogP contribution in [0.2, 0.25) is 0 Å². The summed E-state index contributed by atoms with van der Waals surface area (Å²) in [5, 5.41) is 10.8. The molecule has 0 saturated carbocycles. The van der Waals surface area contributed by atoms with Crippen LogP contribution in [-0.2, 0) is 9.84 Å². The third-order valence-corrected chi connectivity index (χ3v) is 4.03. The number of aromatic nitrogens is 4. The molecule has 0 bridgehead atoms. The molecule has 90 valence electrons. The molecule has 0 atom stereocenters. The Balaban J connectivity index is 0.00000162. The number of nitrogens with zero attached hydrogens (tertiary/aromatic N) is 4. The predicted molar refractivity (Wildman–Crippen MR) is 60.9 cm³/mol. The van der Waals surface area contributed by atoms with Crippen molar-refractivity contribution in [3.63, 3.8) is 0 Å². The molecule has 8 heteroatoms. The second-order valence-electron chi connectivity index (χ2n) is 3.62. The number of rotatable bonds is 3. The third-order valence-electron chi connectivity index (χ3n) is 2.22. The van der Waals surface area contributed by atoms with E-state index in [1.165, 1.54) is 18.5 Å². The van der Waals surface area contributed by atoms with Gasteiger partial charge >= 0.3 is 18.9 Å². The summed E-state index contributed by atoms with van der Waals surface area (Å²) < 4.78 is 25.2. The minimum atomic E-state index is -3.57. The van der Waals surface area contributed by atoms with Gasteiger partial charge in [-0.05, 0) is 22.6 Å². The van der Waals surface area contributed by atoms with Crippen LogP contribution in [0.5, 0.6) is 0 Å². The molecule has 1 aromatic heterocycles. The number of para-hydroxylation sites is 1. The maximum absolute atomic E-state index is 12.0. The van der Waals surface area contributed by atoms with Crippen LogP contribution in [0.25, 0.3) is 5.69 Å². The van der Waals surface area contributed by atoms with Crippen molar-refractivity contribution < 1.29 is 27.3 Å². The molecule has 0 N–H and O–H groups in total. The molecule has 2 aromatic rings. The number of hydrogen-bond donors (Lipinski definition) is 0. The van der Waals surface area contributed by atoms with Crippen molar-refractivity contribution in [2.45, 2.75) is 19.0 Å². The summed E-state index contributed by atoms with van der Waals surface area (Å²) in [5.74, 6) is 0. The molecule has 0 saturated heterocycles. The minimum Gasteiger partial charge on any atom is -0.254 e. The van der Waals surface area contributed by atoms with Gasteiger partial charge in [-0.1, -0.05) is 23.3 Å². The largest absolute Gasteiger partial charge is 1.00 e. The van der Waals surface area contributed by atoms with Gasteiger partial charge < -0.3 is 0 Å². The predicted octanol–water partition coefficient (Wildman–Crippen LogP) is -1.99. The molecule has 6 nitrogen and oxygen atoms in total. The second kappa shape index (κ2) is 5.65. The zero-order valence-corrected chi connectivity index (χ0v) is 11.2. The van der Waals surface area contributed by atoms with Crippen LogP contribution in [0.1, 0.15) is 13.8 Å². The Morgan fingerprint density at radius 3 is 2.33 bits per heavy atom. The van der Waals surface area contributed by atoms with Crippen LogP contribution in [0.4, 0.5) is 0 Å². The van der Waals surface area contributed by atoms with E-state index in [1.807, 2.05) is 6.07 Å². The van der Waals surface area contributed by atoms with E-state index in [1.54, 1.807) is 24.3 Å². The van der Waals surface area contributed by atoms with Crippen LogP contribution in [0, 0.1) is 5.25 Å². The summed E-state index contributed by atoms with van der Waals surface area (Å²) in [5.41, 5.74) is 0.609. The Morgan fingerprint density at radius 1 is 1.17 bits per heavy atom. The molecule has 0 fully saturated rings. The van der Waals surface area contributed by atoms with Gasteiger partial charge in [0.25, 0.3) is 0 Å². The SMILES string of the molecule is C[C-](C)S(=O)(=O)c1nnnn1-c1ccccc1.[Li+]. The molecular formula is C10H11LiN4O2S. The zero-order valence-electron chi connectivity index (χ0n) is 10.4. The Kier molecular flexibility index (Phi) is 4.68. The van der Waals surface area contributed by atoms with Crippen LogP contribution in [0.3, 0.4) is 0 Å². The maximum Gasteiger partial charge on any atom is 1.00 e. The molecule has 0 amide bonds. The fourth-order valence-electron chi connectivity index (χ4n) is 1.26. The summed E-state index contributed by atoms with van der Waals surface area (Å²) >= 11 is 0. The van der Waals surface area contributed by atoms with E-state index in [2.05, 4.69) is 15.5 Å². The van der Waals surface area contributed by atoms with Gasteiger partial charge in [0.1, 0.15) is 0 Å². The van der Waals surface area contributed by atoms with Gasteiger partial charge in [-0.2, -0.15) is 23.8 Å². The number of benzene rings is 1. The average molecular weight is 258 g/mol. The fourth-order valence-corrected chi connectivity index (χ4v) is 2.14. The van der Waals surface area contributed by atoms with Gasteiger partial charge in [0, 0.05) is 0 Å². The molecule has 0 aliphatic rings. The molecule has 18 heavy (non-hydrogen) atoms. The second-order valence-corrected chi connectivity index (χ2v) is 5.81. The van der Waals surface area contributed by atoms with Gasteiger partial charge in [0.05, 0.1) is 15.5 Å². The number of tetrazole rings is 1. The van der Waals surface area contributed by atoms with Gasteiger partial charge in [0.2, 0.25) is 5.16 Å². The number of hydrogen-bond acceptors (Lipinski definition) is 5. The van der Waals surface area contributed by atoms with Crippen molar-refractivity contribution >= 4 is 9.84 Å². The van der Waals surface area contributed by atoms with E-state index in [0.717, 1.165) is 0 Å². The molecule has 1 aromatic carbocycles. The topological polar surface area (TPSA) is 77.7 Å². The summed E-state index contributed by atoms with van der Waals surface area (Å²) in [4.78, 5) is 0. The normalized spacial score (nSPS) is 11.3. The molecule has 2 rings (SSSR count). The molecule has 0 unspecified atom stereocenters. The molecule has 0 radical (unpaired) electrons. The first-order valence-electron chi connectivity index (χ1n) is 4.92. The first kappa shape index (κ1) is 14.9. The Hall–Kier alpha value is -1.16. The Morgan fingerprint density at radius 2 is 1.78 bits per heavy atom. The van der Waals surface area contributed by atoms with Gasteiger partial charge in [-0.15, -0.1) is 0 Å². The van der Waals surface area contributed by atoms with Crippen molar-refractivity contribution in [3.05, 3.63) is 35.6 Å². The first-order chi connectivity index (χ1) is 8.03. The number of sulfone groups is 1. The Bertz CT molecular complexity index is 610. The first-order valence-corrected chi connectivity index (χ1v) is 6.41. The molecule has 0 aliphatic carbocycles. The van der Waals surface area contributed by atoms with Crippen molar-refractivity contribution in [2.75, 3.05) is 0 Å². The standard InChI is InChI=1S/C10H11N4O2S.Li/c1-8(2)17(15,16)10-11-12-13-14(10)9-6-4-3-5-7-9;/h3-7H,1-2H3;/q-1;+1. The van der Waals surface area contributed by atoms with Gasteiger partial charge in [-0.25, -0.2) is 0 Å². The Labute approximate surface area is 117 Å². The van der Waals surface area contributed by atoms with Crippen molar-refractivity contribution in [1.82, 2.24) is 20.2 Å². The maximum atomic E-state index is 12.0. The molecule has 0 aliphatic heterocycles. The molecule has 1 heterocycles. The van der Waals surface area contributed by atoms with E-state index < -0.39 is 9.84 Å². The van der Waals surface area contributed by atoms with Gasteiger partial charge in [-0.3, -0.25) is 8.42 Å². The van der Waals surface area contributed by atoms with Gasteiger partial charge in [0.15, 0.2) is 0 Å². The van der Waals surface area contributed by atoms with Crippen LogP contribution in [0.15, 0.2) is 35.5 Å². The fraction of sp³-hybridized carbons (Fsp3) is 0.200. The summed E-state index contributed by atoms with van der Waals surface area (Å²) in [6.07, 6.45) is 0.